The van der Waals surface area contributed by atoms with Crippen molar-refractivity contribution in [3.8, 4) is 0 Å². The predicted octanol–water partition coefficient (Wildman–Crippen LogP) is 0.295. The lowest BCUT2D eigenvalue weighted by molar-refractivity contribution is 0.0697. The van der Waals surface area contributed by atoms with Gasteiger partial charge in [0.1, 0.15) is 0 Å². The van der Waals surface area contributed by atoms with E-state index in [1.54, 1.807) is 23.1 Å². The second kappa shape index (κ2) is 5.41. The van der Waals surface area contributed by atoms with Gasteiger partial charge in [-0.2, -0.15) is 4.31 Å². The highest BCUT2D eigenvalue weighted by molar-refractivity contribution is 7.88. The number of piperazine rings is 1. The van der Waals surface area contributed by atoms with Crippen molar-refractivity contribution in [3.63, 3.8) is 0 Å². The number of nitrogens with zero attached hydrogens (tertiary/aromatic N) is 2. The third-order valence-corrected chi connectivity index (χ3v) is 4.90. The molecule has 0 bridgehead atoms. The van der Waals surface area contributed by atoms with E-state index in [0.29, 0.717) is 37.4 Å². The van der Waals surface area contributed by atoms with E-state index in [4.69, 9.17) is 5.73 Å². The molecule has 2 rings (SSSR count). The molecule has 0 spiro atoms. The van der Waals surface area contributed by atoms with Crippen LogP contribution in [-0.2, 0) is 10.0 Å². The zero-order valence-electron chi connectivity index (χ0n) is 11.7. The van der Waals surface area contributed by atoms with Gasteiger partial charge in [0, 0.05) is 37.4 Å². The maximum absolute atomic E-state index is 12.4. The molecule has 0 atom stereocenters. The molecule has 0 aromatic heterocycles. The van der Waals surface area contributed by atoms with Crippen LogP contribution in [0.4, 0.5) is 5.69 Å². The highest BCUT2D eigenvalue weighted by Crippen LogP contribution is 2.18. The molecule has 1 aromatic rings. The molecule has 1 fully saturated rings. The first-order chi connectivity index (χ1) is 9.30. The highest BCUT2D eigenvalue weighted by atomic mass is 32.2. The number of benzene rings is 1. The summed E-state index contributed by atoms with van der Waals surface area (Å²) >= 11 is 0. The normalized spacial score (nSPS) is 17.2. The number of hydrogen-bond donors (Lipinski definition) is 1. The summed E-state index contributed by atoms with van der Waals surface area (Å²) in [6, 6.07) is 5.26. The topological polar surface area (TPSA) is 83.7 Å². The van der Waals surface area contributed by atoms with Crippen molar-refractivity contribution in [2.45, 2.75) is 6.92 Å². The van der Waals surface area contributed by atoms with Crippen LogP contribution in [0.3, 0.4) is 0 Å². The molecule has 6 nitrogen and oxygen atoms in total. The van der Waals surface area contributed by atoms with Crippen LogP contribution in [0, 0.1) is 6.92 Å². The Morgan fingerprint density at radius 3 is 2.35 bits per heavy atom. The number of anilines is 1. The molecule has 0 radical (unpaired) electrons. The molecule has 1 saturated heterocycles. The van der Waals surface area contributed by atoms with Gasteiger partial charge in [-0.25, -0.2) is 8.42 Å². The lowest BCUT2D eigenvalue weighted by Gasteiger charge is -2.33. The number of amides is 1. The molecule has 1 aliphatic rings. The van der Waals surface area contributed by atoms with Crippen LogP contribution in [0.2, 0.25) is 0 Å². The number of carbonyl (C=O) groups excluding carboxylic acids is 1. The third kappa shape index (κ3) is 2.94. The van der Waals surface area contributed by atoms with Crippen molar-refractivity contribution >= 4 is 21.6 Å². The van der Waals surface area contributed by atoms with Crippen LogP contribution in [0.1, 0.15) is 15.9 Å². The van der Waals surface area contributed by atoms with E-state index in [9.17, 15) is 13.2 Å². The van der Waals surface area contributed by atoms with Crippen molar-refractivity contribution in [1.82, 2.24) is 9.21 Å². The minimum absolute atomic E-state index is 0.0945. The molecular weight excluding hydrogens is 278 g/mol. The summed E-state index contributed by atoms with van der Waals surface area (Å²) in [5.74, 6) is -0.0945. The molecule has 0 aliphatic carbocycles. The highest BCUT2D eigenvalue weighted by Gasteiger charge is 2.27. The summed E-state index contributed by atoms with van der Waals surface area (Å²) in [5.41, 5.74) is 7.75. The van der Waals surface area contributed by atoms with E-state index in [2.05, 4.69) is 0 Å². The largest absolute Gasteiger partial charge is 0.398 e. The first-order valence-electron chi connectivity index (χ1n) is 6.40. The molecule has 20 heavy (non-hydrogen) atoms. The Kier molecular flexibility index (Phi) is 4.01. The van der Waals surface area contributed by atoms with Gasteiger partial charge in [-0.3, -0.25) is 4.79 Å². The standard InChI is InChI=1S/C13H19N3O3S/c1-10-11(4-3-5-12(10)14)13(17)15-6-8-16(9-7-15)20(2,18)19/h3-5H,6-9,14H2,1-2H3. The summed E-state index contributed by atoms with van der Waals surface area (Å²) in [4.78, 5) is 14.1. The van der Waals surface area contributed by atoms with Gasteiger partial charge in [0.2, 0.25) is 10.0 Å². The SMILES string of the molecule is Cc1c(N)cccc1C(=O)N1CCN(S(C)(=O)=O)CC1. The fraction of sp³-hybridized carbons (Fsp3) is 0.462. The molecule has 1 aromatic carbocycles. The summed E-state index contributed by atoms with van der Waals surface area (Å²) in [7, 11) is -3.18. The Bertz CT molecular complexity index is 620. The van der Waals surface area contributed by atoms with E-state index < -0.39 is 10.0 Å². The number of nitrogens with two attached hydrogens (primary N) is 1. The molecule has 2 N–H and O–H groups in total. The molecule has 1 aliphatic heterocycles. The third-order valence-electron chi connectivity index (χ3n) is 3.60. The minimum Gasteiger partial charge on any atom is -0.398 e. The molecule has 1 heterocycles. The number of rotatable bonds is 2. The monoisotopic (exact) mass is 297 g/mol. The Morgan fingerprint density at radius 2 is 1.80 bits per heavy atom. The lowest BCUT2D eigenvalue weighted by Crippen LogP contribution is -2.50. The van der Waals surface area contributed by atoms with Crippen LogP contribution in [0.25, 0.3) is 0 Å². The smallest absolute Gasteiger partial charge is 0.254 e. The average Bonchev–Trinajstić information content (AvgIpc) is 2.40. The van der Waals surface area contributed by atoms with Crippen molar-refractivity contribution in [2.75, 3.05) is 38.2 Å². The summed E-state index contributed by atoms with van der Waals surface area (Å²) < 4.78 is 24.3. The predicted molar refractivity (Wildman–Crippen MR) is 77.9 cm³/mol. The fourth-order valence-electron chi connectivity index (χ4n) is 2.28. The second-order valence-electron chi connectivity index (χ2n) is 4.97. The van der Waals surface area contributed by atoms with Gasteiger partial charge in [-0.15, -0.1) is 0 Å². The Morgan fingerprint density at radius 1 is 1.20 bits per heavy atom. The number of sulfonamides is 1. The van der Waals surface area contributed by atoms with Crippen LogP contribution in [-0.4, -0.2) is 56.0 Å². The molecule has 0 unspecified atom stereocenters. The lowest BCUT2D eigenvalue weighted by atomic mass is 10.1. The van der Waals surface area contributed by atoms with Crippen molar-refractivity contribution in [2.24, 2.45) is 0 Å². The number of nitrogen functional groups attached to an aromatic ring is 1. The van der Waals surface area contributed by atoms with Crippen molar-refractivity contribution in [1.29, 1.82) is 0 Å². The molecule has 7 heteroatoms. The number of carbonyl (C=O) groups is 1. The van der Waals surface area contributed by atoms with Crippen LogP contribution >= 0.6 is 0 Å². The average molecular weight is 297 g/mol. The van der Waals surface area contributed by atoms with Crippen LogP contribution in [0.5, 0.6) is 0 Å². The van der Waals surface area contributed by atoms with Gasteiger partial charge in [-0.05, 0) is 24.6 Å². The second-order valence-corrected chi connectivity index (χ2v) is 6.96. The van der Waals surface area contributed by atoms with E-state index in [1.807, 2.05) is 6.92 Å². The van der Waals surface area contributed by atoms with Gasteiger partial charge in [0.25, 0.3) is 5.91 Å². The van der Waals surface area contributed by atoms with E-state index in [-0.39, 0.29) is 5.91 Å². The van der Waals surface area contributed by atoms with Crippen LogP contribution < -0.4 is 5.73 Å². The Balaban J connectivity index is 2.11. The molecule has 1 amide bonds. The van der Waals surface area contributed by atoms with E-state index in [0.717, 1.165) is 5.56 Å². The zero-order valence-corrected chi connectivity index (χ0v) is 12.5. The van der Waals surface area contributed by atoms with Gasteiger partial charge in [0.15, 0.2) is 0 Å². The van der Waals surface area contributed by atoms with Crippen molar-refractivity contribution in [3.05, 3.63) is 29.3 Å². The minimum atomic E-state index is -3.18. The number of hydrogen-bond acceptors (Lipinski definition) is 4. The van der Waals surface area contributed by atoms with Gasteiger partial charge < -0.3 is 10.6 Å². The van der Waals surface area contributed by atoms with Crippen molar-refractivity contribution < 1.29 is 13.2 Å². The van der Waals surface area contributed by atoms with Crippen LogP contribution in [0.15, 0.2) is 18.2 Å². The zero-order chi connectivity index (χ0) is 14.9. The molecule has 110 valence electrons. The maximum Gasteiger partial charge on any atom is 0.254 e. The summed E-state index contributed by atoms with van der Waals surface area (Å²) in [6.45, 7) is 3.30. The first kappa shape index (κ1) is 14.8. The van der Waals surface area contributed by atoms with Gasteiger partial charge in [-0.1, -0.05) is 6.07 Å². The summed E-state index contributed by atoms with van der Waals surface area (Å²) in [5, 5.41) is 0. The fourth-order valence-corrected chi connectivity index (χ4v) is 3.10. The van der Waals surface area contributed by atoms with E-state index in [1.165, 1.54) is 10.6 Å². The summed E-state index contributed by atoms with van der Waals surface area (Å²) in [6.07, 6.45) is 1.19. The Hall–Kier alpha value is -1.60. The van der Waals surface area contributed by atoms with E-state index >= 15 is 0 Å². The van der Waals surface area contributed by atoms with Gasteiger partial charge in [0.05, 0.1) is 6.26 Å². The maximum atomic E-state index is 12.4. The molecular formula is C13H19N3O3S. The Labute approximate surface area is 119 Å². The van der Waals surface area contributed by atoms with Gasteiger partial charge >= 0.3 is 0 Å². The first-order valence-corrected chi connectivity index (χ1v) is 8.25. The molecule has 0 saturated carbocycles. The quantitative estimate of drug-likeness (QED) is 0.796.